The van der Waals surface area contributed by atoms with Gasteiger partial charge in [-0.1, -0.05) is 24.6 Å². The average molecular weight is 269 g/mol. The fraction of sp³-hybridized carbons (Fsp3) is 0.375. The Hall–Kier alpha value is -1.94. The zero-order chi connectivity index (χ0) is 13.6. The fourth-order valence-corrected chi connectivity index (χ4v) is 2.44. The van der Waals surface area contributed by atoms with E-state index in [-0.39, 0.29) is 0 Å². The van der Waals surface area contributed by atoms with Gasteiger partial charge in [0.2, 0.25) is 0 Å². The molecule has 1 aromatic heterocycles. The van der Waals surface area contributed by atoms with E-state index in [1.807, 2.05) is 30.3 Å². The monoisotopic (exact) mass is 269 g/mol. The second-order valence-corrected chi connectivity index (χ2v) is 5.10. The van der Waals surface area contributed by atoms with Crippen LogP contribution in [-0.4, -0.2) is 22.6 Å². The smallest absolute Gasteiger partial charge is 0.164 e. The molecule has 1 aromatic carbocycles. The largest absolute Gasteiger partial charge is 0.454 e. The molecule has 2 heterocycles. The van der Waals surface area contributed by atoms with Gasteiger partial charge >= 0.3 is 0 Å². The van der Waals surface area contributed by atoms with Crippen molar-refractivity contribution in [3.05, 3.63) is 48.5 Å². The number of hydrogen-bond donors (Lipinski definition) is 1. The molecule has 0 radical (unpaired) electrons. The van der Waals surface area contributed by atoms with Gasteiger partial charge in [-0.05, 0) is 31.5 Å². The van der Waals surface area contributed by atoms with E-state index in [4.69, 9.17) is 4.74 Å². The van der Waals surface area contributed by atoms with Crippen molar-refractivity contribution in [2.24, 2.45) is 0 Å². The summed E-state index contributed by atoms with van der Waals surface area (Å²) >= 11 is 0. The van der Waals surface area contributed by atoms with Gasteiger partial charge in [0.05, 0.1) is 12.4 Å². The number of piperidine rings is 1. The quantitative estimate of drug-likeness (QED) is 0.927. The summed E-state index contributed by atoms with van der Waals surface area (Å²) in [6.45, 7) is 1.11. The molecule has 1 N–H and O–H groups in total. The Morgan fingerprint density at radius 2 is 1.85 bits per heavy atom. The highest BCUT2D eigenvalue weighted by Gasteiger charge is 2.14. The van der Waals surface area contributed by atoms with Crippen molar-refractivity contribution in [1.29, 1.82) is 0 Å². The molecule has 1 unspecified atom stereocenters. The lowest BCUT2D eigenvalue weighted by molar-refractivity contribution is 0.393. The zero-order valence-corrected chi connectivity index (χ0v) is 11.5. The van der Waals surface area contributed by atoms with Gasteiger partial charge in [-0.25, -0.2) is 9.97 Å². The predicted octanol–water partition coefficient (Wildman–Crippen LogP) is 2.95. The van der Waals surface area contributed by atoms with Gasteiger partial charge in [0.15, 0.2) is 5.75 Å². The van der Waals surface area contributed by atoms with Crippen molar-refractivity contribution in [1.82, 2.24) is 15.3 Å². The molecule has 4 nitrogen and oxygen atoms in total. The van der Waals surface area contributed by atoms with Gasteiger partial charge < -0.3 is 10.1 Å². The van der Waals surface area contributed by atoms with E-state index in [1.165, 1.54) is 19.3 Å². The summed E-state index contributed by atoms with van der Waals surface area (Å²) < 4.78 is 5.68. The molecule has 0 spiro atoms. The van der Waals surface area contributed by atoms with Gasteiger partial charge in [-0.15, -0.1) is 0 Å². The Morgan fingerprint density at radius 1 is 1.05 bits per heavy atom. The standard InChI is InChI=1S/C16H19N3O/c1-2-7-14(8-3-1)20-15-11-18-16(19-12-15)10-13-6-4-5-9-17-13/h1-3,7-8,11-13,17H,4-6,9-10H2. The molecule has 1 atom stereocenters. The molecule has 1 fully saturated rings. The molecule has 3 rings (SSSR count). The fourth-order valence-electron chi connectivity index (χ4n) is 2.44. The van der Waals surface area contributed by atoms with Crippen LogP contribution >= 0.6 is 0 Å². The first-order chi connectivity index (χ1) is 9.90. The molecule has 20 heavy (non-hydrogen) atoms. The normalized spacial score (nSPS) is 18.7. The number of aromatic nitrogens is 2. The van der Waals surface area contributed by atoms with Crippen LogP contribution in [-0.2, 0) is 6.42 Å². The number of hydrogen-bond acceptors (Lipinski definition) is 4. The number of benzene rings is 1. The highest BCUT2D eigenvalue weighted by Crippen LogP contribution is 2.19. The van der Waals surface area contributed by atoms with E-state index in [9.17, 15) is 0 Å². The molecule has 104 valence electrons. The topological polar surface area (TPSA) is 47.0 Å². The first-order valence-electron chi connectivity index (χ1n) is 7.17. The maximum atomic E-state index is 5.68. The Kier molecular flexibility index (Phi) is 4.23. The van der Waals surface area contributed by atoms with Crippen LogP contribution in [0.2, 0.25) is 0 Å². The molecular weight excluding hydrogens is 250 g/mol. The first kappa shape index (κ1) is 13.1. The molecule has 1 aliphatic heterocycles. The van der Waals surface area contributed by atoms with E-state index in [2.05, 4.69) is 15.3 Å². The van der Waals surface area contributed by atoms with Crippen LogP contribution in [0.4, 0.5) is 0 Å². The van der Waals surface area contributed by atoms with Gasteiger partial charge in [0, 0.05) is 12.5 Å². The van der Waals surface area contributed by atoms with Gasteiger partial charge in [-0.3, -0.25) is 0 Å². The maximum Gasteiger partial charge on any atom is 0.164 e. The number of nitrogens with one attached hydrogen (secondary N) is 1. The van der Waals surface area contributed by atoms with E-state index < -0.39 is 0 Å². The number of para-hydroxylation sites is 1. The first-order valence-corrected chi connectivity index (χ1v) is 7.17. The lowest BCUT2D eigenvalue weighted by Gasteiger charge is -2.22. The number of ether oxygens (including phenoxy) is 1. The lowest BCUT2D eigenvalue weighted by Crippen LogP contribution is -2.36. The molecule has 0 bridgehead atoms. The molecule has 2 aromatic rings. The third kappa shape index (κ3) is 3.54. The summed E-state index contributed by atoms with van der Waals surface area (Å²) in [4.78, 5) is 8.79. The summed E-state index contributed by atoms with van der Waals surface area (Å²) in [6.07, 6.45) is 8.18. The Bertz CT molecular complexity index is 521. The van der Waals surface area contributed by atoms with E-state index in [0.717, 1.165) is 24.5 Å². The second-order valence-electron chi connectivity index (χ2n) is 5.10. The SMILES string of the molecule is c1ccc(Oc2cnc(CC3CCCCN3)nc2)cc1. The maximum absolute atomic E-state index is 5.68. The van der Waals surface area contributed by atoms with E-state index >= 15 is 0 Å². The van der Waals surface area contributed by atoms with Crippen LogP contribution in [0.1, 0.15) is 25.1 Å². The molecule has 0 amide bonds. The summed E-state index contributed by atoms with van der Waals surface area (Å²) in [5.74, 6) is 2.36. The van der Waals surface area contributed by atoms with Crippen LogP contribution < -0.4 is 10.1 Å². The van der Waals surface area contributed by atoms with Crippen molar-refractivity contribution in [2.45, 2.75) is 31.7 Å². The Morgan fingerprint density at radius 3 is 2.55 bits per heavy atom. The highest BCUT2D eigenvalue weighted by atomic mass is 16.5. The highest BCUT2D eigenvalue weighted by molar-refractivity contribution is 5.27. The van der Waals surface area contributed by atoms with Gasteiger partial charge in [0.25, 0.3) is 0 Å². The minimum Gasteiger partial charge on any atom is -0.454 e. The second kappa shape index (κ2) is 6.48. The van der Waals surface area contributed by atoms with Crippen molar-refractivity contribution in [3.63, 3.8) is 0 Å². The third-order valence-corrected chi connectivity index (χ3v) is 3.50. The minimum absolute atomic E-state index is 0.518. The van der Waals surface area contributed by atoms with Crippen LogP contribution in [0, 0.1) is 0 Å². The van der Waals surface area contributed by atoms with Gasteiger partial charge in [0.1, 0.15) is 11.6 Å². The van der Waals surface area contributed by atoms with Crippen molar-refractivity contribution in [3.8, 4) is 11.5 Å². The molecule has 1 aliphatic rings. The minimum atomic E-state index is 0.518. The van der Waals surface area contributed by atoms with Crippen molar-refractivity contribution in [2.75, 3.05) is 6.54 Å². The average Bonchev–Trinajstić information content (AvgIpc) is 2.51. The predicted molar refractivity (Wildman–Crippen MR) is 77.9 cm³/mol. The van der Waals surface area contributed by atoms with Crippen LogP contribution in [0.3, 0.4) is 0 Å². The zero-order valence-electron chi connectivity index (χ0n) is 11.5. The summed E-state index contributed by atoms with van der Waals surface area (Å²) in [6, 6.07) is 10.2. The van der Waals surface area contributed by atoms with Crippen molar-refractivity contribution < 1.29 is 4.74 Å². The molecule has 4 heteroatoms. The lowest BCUT2D eigenvalue weighted by atomic mass is 10.0. The van der Waals surface area contributed by atoms with E-state index in [1.54, 1.807) is 12.4 Å². The number of rotatable bonds is 4. The van der Waals surface area contributed by atoms with Crippen LogP contribution in [0.5, 0.6) is 11.5 Å². The molecule has 0 saturated carbocycles. The molecule has 1 saturated heterocycles. The summed E-state index contributed by atoms with van der Waals surface area (Å²) in [5, 5.41) is 3.51. The van der Waals surface area contributed by atoms with Crippen LogP contribution in [0.25, 0.3) is 0 Å². The number of nitrogens with zero attached hydrogens (tertiary/aromatic N) is 2. The Labute approximate surface area is 119 Å². The van der Waals surface area contributed by atoms with Gasteiger partial charge in [-0.2, -0.15) is 0 Å². The molecular formula is C16H19N3O. The van der Waals surface area contributed by atoms with Crippen molar-refractivity contribution >= 4 is 0 Å². The summed E-state index contributed by atoms with van der Waals surface area (Å²) in [7, 11) is 0. The third-order valence-electron chi connectivity index (χ3n) is 3.50. The van der Waals surface area contributed by atoms with E-state index in [0.29, 0.717) is 11.8 Å². The summed E-state index contributed by atoms with van der Waals surface area (Å²) in [5.41, 5.74) is 0. The Balaban J connectivity index is 1.59. The van der Waals surface area contributed by atoms with Crippen LogP contribution in [0.15, 0.2) is 42.7 Å². The molecule has 0 aliphatic carbocycles.